The lowest BCUT2D eigenvalue weighted by Gasteiger charge is -2.17. The first-order valence-electron chi connectivity index (χ1n) is 8.71. The average Bonchev–Trinajstić information content (AvgIpc) is 2.95. The molecule has 0 saturated heterocycles. The highest BCUT2D eigenvalue weighted by molar-refractivity contribution is 7.90. The van der Waals surface area contributed by atoms with Crippen LogP contribution in [0.4, 0.5) is 5.69 Å². The van der Waals surface area contributed by atoms with Gasteiger partial charge in [-0.3, -0.25) is 4.98 Å². The Labute approximate surface area is 165 Å². The molecule has 0 unspecified atom stereocenters. The SMILES string of the molecule is COc1cc(S(C)(=O)=O)ccc1Cc1cc(NC(C)C)c2c(n1)CC=C2Cl. The molecule has 0 atom stereocenters. The van der Waals surface area contributed by atoms with Gasteiger partial charge in [0.15, 0.2) is 9.84 Å². The summed E-state index contributed by atoms with van der Waals surface area (Å²) in [5.41, 5.74) is 4.64. The van der Waals surface area contributed by atoms with E-state index < -0.39 is 9.84 Å². The van der Waals surface area contributed by atoms with Gasteiger partial charge in [0.1, 0.15) is 5.75 Å². The topological polar surface area (TPSA) is 68.3 Å². The Hall–Kier alpha value is -2.05. The second-order valence-electron chi connectivity index (χ2n) is 6.96. The van der Waals surface area contributed by atoms with E-state index in [1.165, 1.54) is 13.4 Å². The number of hydrogen-bond donors (Lipinski definition) is 1. The van der Waals surface area contributed by atoms with Gasteiger partial charge in [-0.15, -0.1) is 0 Å². The monoisotopic (exact) mass is 406 g/mol. The maximum Gasteiger partial charge on any atom is 0.175 e. The first-order chi connectivity index (χ1) is 12.7. The van der Waals surface area contributed by atoms with Gasteiger partial charge in [-0.05, 0) is 32.0 Å². The molecule has 2 aromatic rings. The summed E-state index contributed by atoms with van der Waals surface area (Å²) in [6.45, 7) is 4.15. The third-order valence-corrected chi connectivity index (χ3v) is 5.82. The highest BCUT2D eigenvalue weighted by Gasteiger charge is 2.21. The van der Waals surface area contributed by atoms with Gasteiger partial charge < -0.3 is 10.1 Å². The number of allylic oxidation sites excluding steroid dienone is 1. The number of hydrogen-bond acceptors (Lipinski definition) is 5. The number of sulfone groups is 1. The molecule has 1 heterocycles. The number of ether oxygens (including phenoxy) is 1. The summed E-state index contributed by atoms with van der Waals surface area (Å²) in [6, 6.07) is 7.21. The van der Waals surface area contributed by atoms with Crippen LogP contribution in [0.2, 0.25) is 0 Å². The van der Waals surface area contributed by atoms with Crippen LogP contribution in [-0.4, -0.2) is 32.8 Å². The van der Waals surface area contributed by atoms with Crippen LogP contribution in [0.25, 0.3) is 5.03 Å². The van der Waals surface area contributed by atoms with Crippen molar-refractivity contribution >= 4 is 32.2 Å². The summed E-state index contributed by atoms with van der Waals surface area (Å²) in [6.07, 6.45) is 4.39. The van der Waals surface area contributed by atoms with E-state index in [2.05, 4.69) is 19.2 Å². The number of aromatic nitrogens is 1. The van der Waals surface area contributed by atoms with E-state index in [9.17, 15) is 8.42 Å². The third kappa shape index (κ3) is 4.28. The van der Waals surface area contributed by atoms with E-state index in [1.54, 1.807) is 18.2 Å². The van der Waals surface area contributed by atoms with Crippen molar-refractivity contribution in [2.24, 2.45) is 0 Å². The number of pyridine rings is 1. The Morgan fingerprint density at radius 3 is 2.67 bits per heavy atom. The maximum atomic E-state index is 11.8. The lowest BCUT2D eigenvalue weighted by atomic mass is 10.1. The van der Waals surface area contributed by atoms with Crippen LogP contribution in [0, 0.1) is 0 Å². The van der Waals surface area contributed by atoms with Gasteiger partial charge in [0.25, 0.3) is 0 Å². The molecule has 0 bridgehead atoms. The zero-order valence-corrected chi connectivity index (χ0v) is 17.4. The summed E-state index contributed by atoms with van der Waals surface area (Å²) < 4.78 is 29.0. The highest BCUT2D eigenvalue weighted by Crippen LogP contribution is 2.36. The Morgan fingerprint density at radius 1 is 1.30 bits per heavy atom. The standard InChI is InChI=1S/C20H23ClN2O3S/c1-12(2)22-18-10-14(23-17-8-7-16(21)20(17)18)9-13-5-6-15(27(4,24)25)11-19(13)26-3/h5-7,10-12H,8-9H2,1-4H3,(H,22,23). The van der Waals surface area contributed by atoms with Gasteiger partial charge in [0.05, 0.1) is 17.7 Å². The molecule has 144 valence electrons. The van der Waals surface area contributed by atoms with E-state index in [1.807, 2.05) is 12.1 Å². The Morgan fingerprint density at radius 2 is 2.04 bits per heavy atom. The van der Waals surface area contributed by atoms with Gasteiger partial charge >= 0.3 is 0 Å². The Kier molecular flexibility index (Phi) is 5.49. The van der Waals surface area contributed by atoms with Crippen LogP contribution in [0.1, 0.15) is 36.4 Å². The lowest BCUT2D eigenvalue weighted by Crippen LogP contribution is -2.13. The van der Waals surface area contributed by atoms with Gasteiger partial charge in [-0.25, -0.2) is 8.42 Å². The lowest BCUT2D eigenvalue weighted by molar-refractivity contribution is 0.409. The first-order valence-corrected chi connectivity index (χ1v) is 11.0. The van der Waals surface area contributed by atoms with Gasteiger partial charge in [0.2, 0.25) is 0 Å². The van der Waals surface area contributed by atoms with Gasteiger partial charge in [0, 0.05) is 52.7 Å². The van der Waals surface area contributed by atoms with Crippen molar-refractivity contribution < 1.29 is 13.2 Å². The molecule has 5 nitrogen and oxygen atoms in total. The minimum atomic E-state index is -3.29. The molecular weight excluding hydrogens is 384 g/mol. The second-order valence-corrected chi connectivity index (χ2v) is 9.38. The Balaban J connectivity index is 1.99. The predicted octanol–water partition coefficient (Wildman–Crippen LogP) is 4.04. The van der Waals surface area contributed by atoms with Crippen LogP contribution in [0.15, 0.2) is 35.2 Å². The summed E-state index contributed by atoms with van der Waals surface area (Å²) in [5.74, 6) is 0.537. The molecule has 1 aliphatic carbocycles. The molecule has 7 heteroatoms. The molecule has 0 spiro atoms. The maximum absolute atomic E-state index is 11.8. The predicted molar refractivity (Wildman–Crippen MR) is 109 cm³/mol. The van der Waals surface area contributed by atoms with E-state index >= 15 is 0 Å². The molecule has 1 aliphatic rings. The van der Waals surface area contributed by atoms with E-state index in [-0.39, 0.29) is 10.9 Å². The summed E-state index contributed by atoms with van der Waals surface area (Å²) in [4.78, 5) is 5.00. The van der Waals surface area contributed by atoms with Crippen LogP contribution >= 0.6 is 11.6 Å². The number of rotatable bonds is 6. The molecule has 0 amide bonds. The molecule has 1 aromatic heterocycles. The molecule has 0 fully saturated rings. The number of halogens is 1. The fourth-order valence-electron chi connectivity index (χ4n) is 3.17. The van der Waals surface area contributed by atoms with Gasteiger partial charge in [-0.1, -0.05) is 23.7 Å². The molecule has 0 aliphatic heterocycles. The first kappa shape index (κ1) is 19.7. The van der Waals surface area contributed by atoms with Crippen molar-refractivity contribution in [3.05, 3.63) is 52.9 Å². The van der Waals surface area contributed by atoms with Crippen molar-refractivity contribution in [1.29, 1.82) is 0 Å². The van der Waals surface area contributed by atoms with Crippen LogP contribution in [0.3, 0.4) is 0 Å². The van der Waals surface area contributed by atoms with Crippen molar-refractivity contribution in [2.45, 2.75) is 37.6 Å². The number of benzene rings is 1. The molecule has 27 heavy (non-hydrogen) atoms. The molecule has 0 saturated carbocycles. The number of nitrogens with zero attached hydrogens (tertiary/aromatic N) is 1. The van der Waals surface area contributed by atoms with E-state index in [4.69, 9.17) is 21.3 Å². The zero-order chi connectivity index (χ0) is 19.8. The summed E-state index contributed by atoms with van der Waals surface area (Å²) in [7, 11) is -1.75. The fourth-order valence-corrected chi connectivity index (χ4v) is 4.09. The zero-order valence-electron chi connectivity index (χ0n) is 15.8. The van der Waals surface area contributed by atoms with Gasteiger partial charge in [-0.2, -0.15) is 0 Å². The van der Waals surface area contributed by atoms with Crippen molar-refractivity contribution in [1.82, 2.24) is 4.98 Å². The van der Waals surface area contributed by atoms with Crippen molar-refractivity contribution in [3.8, 4) is 5.75 Å². The van der Waals surface area contributed by atoms with Crippen LogP contribution in [-0.2, 0) is 22.7 Å². The van der Waals surface area contributed by atoms with E-state index in [0.717, 1.165) is 33.2 Å². The molecule has 1 aromatic carbocycles. The molecule has 1 N–H and O–H groups in total. The minimum absolute atomic E-state index is 0.239. The normalized spacial score (nSPS) is 13.5. The largest absolute Gasteiger partial charge is 0.496 e. The fraction of sp³-hybridized carbons (Fsp3) is 0.350. The van der Waals surface area contributed by atoms with Crippen LogP contribution in [0.5, 0.6) is 5.75 Å². The molecule has 3 rings (SSSR count). The van der Waals surface area contributed by atoms with Crippen LogP contribution < -0.4 is 10.1 Å². The number of methoxy groups -OCH3 is 1. The summed E-state index contributed by atoms with van der Waals surface area (Å²) >= 11 is 6.36. The Bertz CT molecular complexity index is 1010. The highest BCUT2D eigenvalue weighted by atomic mass is 35.5. The second kappa shape index (κ2) is 7.52. The quantitative estimate of drug-likeness (QED) is 0.784. The average molecular weight is 407 g/mol. The van der Waals surface area contributed by atoms with E-state index in [0.29, 0.717) is 18.6 Å². The van der Waals surface area contributed by atoms with Crippen molar-refractivity contribution in [2.75, 3.05) is 18.7 Å². The molecule has 0 radical (unpaired) electrons. The number of nitrogens with one attached hydrogen (secondary N) is 1. The number of fused-ring (bicyclic) bond motifs is 1. The number of anilines is 1. The van der Waals surface area contributed by atoms with Crippen molar-refractivity contribution in [3.63, 3.8) is 0 Å². The molecular formula is C20H23ClN2O3S. The summed E-state index contributed by atoms with van der Waals surface area (Å²) in [5, 5.41) is 4.17. The third-order valence-electron chi connectivity index (χ3n) is 4.36. The minimum Gasteiger partial charge on any atom is -0.496 e. The smallest absolute Gasteiger partial charge is 0.175 e.